The van der Waals surface area contributed by atoms with Gasteiger partial charge in [-0.3, -0.25) is 0 Å². The van der Waals surface area contributed by atoms with Crippen molar-refractivity contribution in [1.82, 2.24) is 0 Å². The maximum Gasteiger partial charge on any atom is 0.192 e. The van der Waals surface area contributed by atoms with Gasteiger partial charge in [0.05, 0.1) is 6.10 Å². The van der Waals surface area contributed by atoms with Crippen molar-refractivity contribution in [3.8, 4) is 0 Å². The average molecular weight is 252 g/mol. The van der Waals surface area contributed by atoms with Gasteiger partial charge in [0, 0.05) is 0 Å². The van der Waals surface area contributed by atoms with Gasteiger partial charge in [0.15, 0.2) is 8.32 Å². The van der Waals surface area contributed by atoms with Crippen LogP contribution >= 0.6 is 0 Å². The van der Waals surface area contributed by atoms with Crippen LogP contribution in [0.5, 0.6) is 0 Å². The highest BCUT2D eigenvalue weighted by Gasteiger charge is 2.39. The minimum Gasteiger partial charge on any atom is -0.410 e. The van der Waals surface area contributed by atoms with E-state index in [4.69, 9.17) is 4.43 Å². The van der Waals surface area contributed by atoms with Crippen LogP contribution in [-0.4, -0.2) is 14.4 Å². The first kappa shape index (κ1) is 14.7. The summed E-state index contributed by atoms with van der Waals surface area (Å²) in [6, 6.07) is 0. The van der Waals surface area contributed by atoms with E-state index in [0.717, 1.165) is 6.42 Å². The summed E-state index contributed by atoms with van der Waals surface area (Å²) in [5.41, 5.74) is 1.31. The maximum atomic E-state index is 6.53. The van der Waals surface area contributed by atoms with E-state index in [0.29, 0.717) is 0 Å². The van der Waals surface area contributed by atoms with Crippen molar-refractivity contribution in [3.63, 3.8) is 0 Å². The fourth-order valence-corrected chi connectivity index (χ4v) is 3.23. The molecule has 1 aliphatic rings. The number of hydrogen-bond donors (Lipinski definition) is 0. The van der Waals surface area contributed by atoms with Gasteiger partial charge in [0.2, 0.25) is 0 Å². The van der Waals surface area contributed by atoms with Crippen molar-refractivity contribution >= 4 is 8.32 Å². The third-order valence-electron chi connectivity index (χ3n) is 4.15. The first-order valence-corrected chi connectivity index (χ1v) is 9.69. The molecule has 1 nitrogen and oxygen atoms in total. The van der Waals surface area contributed by atoms with Gasteiger partial charge < -0.3 is 4.43 Å². The Kier molecular flexibility index (Phi) is 4.79. The first-order valence-electron chi connectivity index (χ1n) is 6.78. The summed E-state index contributed by atoms with van der Waals surface area (Å²) in [5.74, 6) is 0. The Morgan fingerprint density at radius 1 is 1.35 bits per heavy atom. The van der Waals surface area contributed by atoms with E-state index in [-0.39, 0.29) is 11.1 Å². The molecular weight excluding hydrogens is 224 g/mol. The highest BCUT2D eigenvalue weighted by Crippen LogP contribution is 2.39. The Morgan fingerprint density at radius 3 is 2.53 bits per heavy atom. The monoisotopic (exact) mass is 252 g/mol. The van der Waals surface area contributed by atoms with Gasteiger partial charge in [-0.25, -0.2) is 0 Å². The SMILES string of the molecule is C=CC1=CCCCCC1O[Si](C)(C)C(C)(C)C. The summed E-state index contributed by atoms with van der Waals surface area (Å²) in [4.78, 5) is 0. The highest BCUT2D eigenvalue weighted by molar-refractivity contribution is 6.74. The first-order chi connectivity index (χ1) is 7.78. The third-order valence-corrected chi connectivity index (χ3v) is 8.64. The number of allylic oxidation sites excluding steroid dienone is 1. The molecule has 0 fully saturated rings. The van der Waals surface area contributed by atoms with E-state index in [1.807, 2.05) is 6.08 Å². The molecule has 0 saturated carbocycles. The molecule has 98 valence electrons. The molecule has 1 aliphatic carbocycles. The van der Waals surface area contributed by atoms with Crippen LogP contribution in [0.3, 0.4) is 0 Å². The van der Waals surface area contributed by atoms with Gasteiger partial charge >= 0.3 is 0 Å². The van der Waals surface area contributed by atoms with E-state index in [9.17, 15) is 0 Å². The standard InChI is InChI=1S/C15H28OSi/c1-7-13-11-9-8-10-12-14(13)16-17(5,6)15(2,3)4/h7,11,14H,1,8-10,12H2,2-6H3. The Hall–Kier alpha value is -0.343. The van der Waals surface area contributed by atoms with Crippen molar-refractivity contribution in [2.24, 2.45) is 0 Å². The molecule has 0 aliphatic heterocycles. The van der Waals surface area contributed by atoms with Crippen LogP contribution in [0.15, 0.2) is 24.3 Å². The predicted molar refractivity (Wildman–Crippen MR) is 78.8 cm³/mol. The quantitative estimate of drug-likeness (QED) is 0.638. The molecule has 0 aromatic carbocycles. The molecule has 1 rings (SSSR count). The molecule has 0 heterocycles. The number of hydrogen-bond acceptors (Lipinski definition) is 1. The van der Waals surface area contributed by atoms with Crippen LogP contribution in [0.1, 0.15) is 46.5 Å². The fraction of sp³-hybridized carbons (Fsp3) is 0.733. The number of rotatable bonds is 3. The highest BCUT2D eigenvalue weighted by atomic mass is 28.4. The Bertz CT molecular complexity index is 297. The minimum absolute atomic E-state index is 0.283. The van der Waals surface area contributed by atoms with E-state index in [1.54, 1.807) is 0 Å². The summed E-state index contributed by atoms with van der Waals surface area (Å²) >= 11 is 0. The van der Waals surface area contributed by atoms with Gasteiger partial charge in [-0.15, -0.1) is 0 Å². The van der Waals surface area contributed by atoms with Crippen molar-refractivity contribution < 1.29 is 4.43 Å². The lowest BCUT2D eigenvalue weighted by Crippen LogP contribution is -2.44. The third kappa shape index (κ3) is 3.82. The van der Waals surface area contributed by atoms with Crippen molar-refractivity contribution in [2.45, 2.75) is 70.7 Å². The summed E-state index contributed by atoms with van der Waals surface area (Å²) in [6.45, 7) is 15.5. The second-order valence-electron chi connectivity index (χ2n) is 6.56. The van der Waals surface area contributed by atoms with Crippen LogP contribution in [0, 0.1) is 0 Å². The van der Waals surface area contributed by atoms with Gasteiger partial charge in [-0.05, 0) is 43.0 Å². The second-order valence-corrected chi connectivity index (χ2v) is 11.3. The zero-order valence-corrected chi connectivity index (χ0v) is 13.2. The molecule has 0 aromatic rings. The maximum absolute atomic E-state index is 6.53. The largest absolute Gasteiger partial charge is 0.410 e. The summed E-state index contributed by atoms with van der Waals surface area (Å²) in [5, 5.41) is 0.283. The van der Waals surface area contributed by atoms with Crippen LogP contribution in [-0.2, 0) is 4.43 Å². The molecule has 0 N–H and O–H groups in total. The normalized spacial score (nSPS) is 22.9. The van der Waals surface area contributed by atoms with E-state index in [2.05, 4.69) is 46.5 Å². The second kappa shape index (κ2) is 5.53. The molecule has 0 radical (unpaired) electrons. The molecule has 2 heteroatoms. The summed E-state index contributed by atoms with van der Waals surface area (Å²) in [6.07, 6.45) is 9.49. The molecule has 0 aromatic heterocycles. The Balaban J connectivity index is 2.81. The van der Waals surface area contributed by atoms with E-state index < -0.39 is 8.32 Å². The van der Waals surface area contributed by atoms with E-state index in [1.165, 1.54) is 24.8 Å². The van der Waals surface area contributed by atoms with Gasteiger partial charge in [0.25, 0.3) is 0 Å². The van der Waals surface area contributed by atoms with Gasteiger partial charge in [0.1, 0.15) is 0 Å². The molecule has 1 atom stereocenters. The van der Waals surface area contributed by atoms with Gasteiger partial charge in [-0.2, -0.15) is 0 Å². The van der Waals surface area contributed by atoms with Crippen molar-refractivity contribution in [1.29, 1.82) is 0 Å². The molecular formula is C15H28OSi. The zero-order chi connectivity index (χ0) is 13.1. The van der Waals surface area contributed by atoms with E-state index >= 15 is 0 Å². The van der Waals surface area contributed by atoms with Crippen molar-refractivity contribution in [2.75, 3.05) is 0 Å². The molecule has 1 unspecified atom stereocenters. The summed E-state index contributed by atoms with van der Waals surface area (Å²) < 4.78 is 6.53. The lowest BCUT2D eigenvalue weighted by Gasteiger charge is -2.39. The van der Waals surface area contributed by atoms with Crippen molar-refractivity contribution in [3.05, 3.63) is 24.3 Å². The predicted octanol–water partition coefficient (Wildman–Crippen LogP) is 5.06. The van der Waals surface area contributed by atoms with Crippen LogP contribution in [0.4, 0.5) is 0 Å². The van der Waals surface area contributed by atoms with Gasteiger partial charge in [-0.1, -0.05) is 45.9 Å². The van der Waals surface area contributed by atoms with Crippen LogP contribution in [0.25, 0.3) is 0 Å². The Labute approximate surface area is 108 Å². The van der Waals surface area contributed by atoms with Crippen LogP contribution < -0.4 is 0 Å². The molecule has 0 amide bonds. The average Bonchev–Trinajstić information content (AvgIpc) is 2.40. The Morgan fingerprint density at radius 2 is 2.00 bits per heavy atom. The molecule has 0 spiro atoms. The van der Waals surface area contributed by atoms with Crippen LogP contribution in [0.2, 0.25) is 18.1 Å². The fourth-order valence-electron chi connectivity index (χ4n) is 1.92. The lowest BCUT2D eigenvalue weighted by molar-refractivity contribution is 0.206. The summed E-state index contributed by atoms with van der Waals surface area (Å²) in [7, 11) is -1.66. The zero-order valence-electron chi connectivity index (χ0n) is 12.2. The lowest BCUT2D eigenvalue weighted by atomic mass is 10.1. The topological polar surface area (TPSA) is 9.23 Å². The molecule has 17 heavy (non-hydrogen) atoms. The minimum atomic E-state index is -1.66. The molecule has 0 bridgehead atoms. The smallest absolute Gasteiger partial charge is 0.192 e. The molecule has 0 saturated heterocycles.